The topological polar surface area (TPSA) is 157 Å². The summed E-state index contributed by atoms with van der Waals surface area (Å²) in [5, 5.41) is 11.5. The standard InChI is InChI=1S/C33H36O5.5CO.Cr/c1-8-11-24-14-22(2)16-28(32(24)37-6)18-26-20-30(36-5)21-27(31(26)34)19-29-17-23(3)15-25(33(29)38-7)12-9-10-13-35-4;5*1-2;/h1,9-10,14-17,20-21,34H,11-12,18-19H2,2-7H3;;;;;;/b10-9+;;;;;;. The zero-order chi connectivity index (χ0) is 38.5. The fraction of sp³-hybridized carbons (Fsp3) is 0.263. The van der Waals surface area contributed by atoms with Gasteiger partial charge in [-0.25, -0.2) is 0 Å². The van der Waals surface area contributed by atoms with Crippen LogP contribution in [-0.4, -0.2) is 38.1 Å². The third kappa shape index (κ3) is 15.8. The molecule has 0 aromatic heterocycles. The minimum absolute atomic E-state index is 0.226. The molecule has 0 unspecified atom stereocenters. The second-order valence-corrected chi connectivity index (χ2v) is 10.0. The number of hydrogen-bond acceptors (Lipinski definition) is 5. The molecule has 0 amide bonds. The molecule has 0 fully saturated rings. The van der Waals surface area contributed by atoms with Crippen LogP contribution in [0.4, 0.5) is 0 Å². The monoisotopic (exact) mass is 704 g/mol. The van der Waals surface area contributed by atoms with Crippen LogP contribution in [0.1, 0.15) is 44.5 Å². The molecule has 0 saturated carbocycles. The van der Waals surface area contributed by atoms with Crippen LogP contribution >= 0.6 is 0 Å². The van der Waals surface area contributed by atoms with E-state index in [-0.39, 0.29) is 5.75 Å². The number of methoxy groups -OCH3 is 4. The van der Waals surface area contributed by atoms with Crippen molar-refractivity contribution in [3.8, 4) is 35.3 Å². The predicted octanol–water partition coefficient (Wildman–Crippen LogP) is 5.63. The molecule has 3 aromatic carbocycles. The summed E-state index contributed by atoms with van der Waals surface area (Å²) >= 11 is 2.88. The Labute approximate surface area is 296 Å². The molecule has 0 aliphatic rings. The van der Waals surface area contributed by atoms with Gasteiger partial charge >= 0.3 is 218 Å². The van der Waals surface area contributed by atoms with Gasteiger partial charge in [0.15, 0.2) is 0 Å². The van der Waals surface area contributed by atoms with Crippen LogP contribution in [0.5, 0.6) is 23.0 Å². The van der Waals surface area contributed by atoms with Crippen LogP contribution in [-0.2, 0) is 69.5 Å². The van der Waals surface area contributed by atoms with Gasteiger partial charge in [0.05, 0.1) is 14.2 Å². The summed E-state index contributed by atoms with van der Waals surface area (Å²) in [6.45, 7) is 26.6. The van der Waals surface area contributed by atoms with Gasteiger partial charge in [-0.2, -0.15) is 0 Å². The van der Waals surface area contributed by atoms with Gasteiger partial charge < -0.3 is 4.74 Å². The van der Waals surface area contributed by atoms with Crippen LogP contribution in [0.25, 0.3) is 0 Å². The number of phenols is 1. The molecule has 0 aliphatic carbocycles. The van der Waals surface area contributed by atoms with E-state index in [0.717, 1.165) is 56.0 Å². The van der Waals surface area contributed by atoms with E-state index in [1.807, 2.05) is 37.3 Å². The molecule has 1 N–H and O–H groups in total. The summed E-state index contributed by atoms with van der Waals surface area (Å²) < 4.78 is 60.6. The Balaban J connectivity index is -0.00000193. The summed E-state index contributed by atoms with van der Waals surface area (Å²) in [6.07, 6.45) is 11.6. The van der Waals surface area contributed by atoms with Crippen LogP contribution in [0.15, 0.2) is 48.6 Å². The van der Waals surface area contributed by atoms with Crippen molar-refractivity contribution in [2.45, 2.75) is 39.5 Å². The molecule has 0 heterocycles. The number of aryl methyl sites for hydroxylation is 2. The Morgan fingerprint density at radius 3 is 1.49 bits per heavy atom. The van der Waals surface area contributed by atoms with Crippen molar-refractivity contribution in [3.63, 3.8) is 0 Å². The minimum atomic E-state index is 0.226. The Morgan fingerprint density at radius 1 is 0.694 bits per heavy atom. The van der Waals surface area contributed by atoms with Gasteiger partial charge in [0.2, 0.25) is 0 Å². The Hall–Kier alpha value is -4.78. The number of benzene rings is 3. The summed E-state index contributed by atoms with van der Waals surface area (Å²) in [6, 6.07) is 12.1. The van der Waals surface area contributed by atoms with E-state index in [1.54, 1.807) is 28.4 Å². The first-order chi connectivity index (χ1) is 23.7. The van der Waals surface area contributed by atoms with Crippen LogP contribution in [0.3, 0.4) is 0 Å². The second kappa shape index (κ2) is 29.4. The first kappa shape index (κ1) is 48.6. The molecule has 0 spiro atoms. The van der Waals surface area contributed by atoms with E-state index >= 15 is 0 Å². The average Bonchev–Trinajstić information content (AvgIpc) is 3.14. The van der Waals surface area contributed by atoms with E-state index in [1.165, 1.54) is 0 Å². The first-order valence-electron chi connectivity index (χ1n) is 13.7. The summed E-state index contributed by atoms with van der Waals surface area (Å²) in [7, 11) is 6.58. The molecule has 254 valence electrons. The van der Waals surface area contributed by atoms with Crippen LogP contribution in [0, 0.1) is 59.4 Å². The van der Waals surface area contributed by atoms with E-state index in [2.05, 4.69) is 80.1 Å². The van der Waals surface area contributed by atoms with Crippen molar-refractivity contribution < 1.29 is 63.2 Å². The molecular weight excluding hydrogens is 668 g/mol. The summed E-state index contributed by atoms with van der Waals surface area (Å²) in [5.74, 6) is 5.15. The van der Waals surface area contributed by atoms with Gasteiger partial charge in [-0.15, -0.1) is 12.3 Å². The number of allylic oxidation sites excluding steroid dienone is 1. The number of rotatable bonds is 12. The maximum atomic E-state index is 11.5. The van der Waals surface area contributed by atoms with Gasteiger partial charge in [0, 0.05) is 12.0 Å². The Kier molecular flexibility index (Phi) is 29.1. The van der Waals surface area contributed by atoms with Crippen molar-refractivity contribution in [3.05, 3.63) is 126 Å². The van der Waals surface area contributed by atoms with Gasteiger partial charge in [0.1, 0.15) is 5.75 Å². The van der Waals surface area contributed by atoms with Gasteiger partial charge in [-0.1, -0.05) is 17.7 Å². The third-order valence-electron chi connectivity index (χ3n) is 6.51. The fourth-order valence-electron chi connectivity index (χ4n) is 4.91. The number of hydrogen-bond donors (Lipinski definition) is 1. The van der Waals surface area contributed by atoms with E-state index < -0.39 is 0 Å². The molecular formula is C38H36CrO10. The van der Waals surface area contributed by atoms with Crippen molar-refractivity contribution >= 4 is 4.57 Å². The van der Waals surface area contributed by atoms with Gasteiger partial charge in [-0.05, 0) is 12.5 Å². The Morgan fingerprint density at radius 2 is 1.10 bits per heavy atom. The molecule has 11 heteroatoms. The van der Waals surface area contributed by atoms with Crippen LogP contribution in [0.2, 0.25) is 0 Å². The molecule has 0 atom stereocenters. The SMILES string of the molecule is C#CCc1cc(C)cc(Cc2cc(OC)cc(Cc3cc(C)cc(C/C=C/[C](=[Cr])OC)c3OC)c2O)c1OC.[C-]#[O+].[C-]#[O+].[C-]#[O+].[C-]#[O+].[C-]#[O+]. The zero-order valence-corrected chi connectivity index (χ0v) is 29.3. The van der Waals surface area contributed by atoms with Crippen molar-refractivity contribution in [2.75, 3.05) is 28.4 Å². The number of aromatic hydroxyl groups is 1. The summed E-state index contributed by atoms with van der Waals surface area (Å²) in [5.41, 5.74) is 7.65. The predicted molar refractivity (Wildman–Crippen MR) is 173 cm³/mol. The van der Waals surface area contributed by atoms with Gasteiger partial charge in [-0.3, -0.25) is 0 Å². The van der Waals surface area contributed by atoms with E-state index in [9.17, 15) is 5.11 Å². The van der Waals surface area contributed by atoms with Gasteiger partial charge in [0.25, 0.3) is 0 Å². The molecule has 0 radical (unpaired) electrons. The fourth-order valence-corrected chi connectivity index (χ4v) is 5.06. The first-order valence-corrected chi connectivity index (χ1v) is 14.3. The van der Waals surface area contributed by atoms with Crippen LogP contribution < -0.4 is 14.2 Å². The van der Waals surface area contributed by atoms with E-state index in [0.29, 0.717) is 36.0 Å². The van der Waals surface area contributed by atoms with Crippen molar-refractivity contribution in [2.24, 2.45) is 0 Å². The number of phenolic OH excluding ortho intramolecular Hbond substituents is 1. The molecule has 0 aliphatic heterocycles. The molecule has 0 bridgehead atoms. The third-order valence-corrected chi connectivity index (χ3v) is 6.98. The molecule has 10 nitrogen and oxygen atoms in total. The molecule has 3 aromatic rings. The maximum absolute atomic E-state index is 11.5. The number of ether oxygens (including phenoxy) is 4. The zero-order valence-electron chi connectivity index (χ0n) is 28.1. The second-order valence-electron chi connectivity index (χ2n) is 9.39. The molecule has 0 saturated heterocycles. The van der Waals surface area contributed by atoms with E-state index in [4.69, 9.17) is 48.6 Å². The van der Waals surface area contributed by atoms with Crippen molar-refractivity contribution in [1.29, 1.82) is 0 Å². The number of terminal acetylenes is 1. The Bertz CT molecular complexity index is 1620. The van der Waals surface area contributed by atoms with Crippen molar-refractivity contribution in [1.82, 2.24) is 0 Å². The normalized spacial score (nSPS) is 8.88. The average molecular weight is 705 g/mol. The molecule has 3 rings (SSSR count). The summed E-state index contributed by atoms with van der Waals surface area (Å²) in [4.78, 5) is 0. The quantitative estimate of drug-likeness (QED) is 0.147. The molecule has 49 heavy (non-hydrogen) atoms.